The molecule has 0 radical (unpaired) electrons. The molecule has 1 aromatic carbocycles. The molecule has 16 heavy (non-hydrogen) atoms. The van der Waals surface area contributed by atoms with E-state index in [1.807, 2.05) is 6.07 Å². The Morgan fingerprint density at radius 1 is 1.31 bits per heavy atom. The van der Waals surface area contributed by atoms with Crippen molar-refractivity contribution in [3.05, 3.63) is 35.7 Å². The van der Waals surface area contributed by atoms with Crippen LogP contribution in [-0.4, -0.2) is 15.2 Å². The van der Waals surface area contributed by atoms with Crippen LogP contribution in [0.25, 0.3) is 11.4 Å². The van der Waals surface area contributed by atoms with Crippen molar-refractivity contribution in [2.24, 2.45) is 0 Å². The van der Waals surface area contributed by atoms with E-state index in [-0.39, 0.29) is 12.2 Å². The van der Waals surface area contributed by atoms with Crippen LogP contribution in [0.1, 0.15) is 5.82 Å². The minimum absolute atomic E-state index is 0.0939. The number of hydrogen-bond donors (Lipinski definition) is 1. The molecule has 0 saturated carbocycles. The van der Waals surface area contributed by atoms with Crippen LogP contribution in [0.3, 0.4) is 0 Å². The van der Waals surface area contributed by atoms with E-state index < -0.39 is 11.6 Å². The molecule has 0 atom stereocenters. The first-order chi connectivity index (χ1) is 7.70. The van der Waals surface area contributed by atoms with E-state index >= 15 is 0 Å². The van der Waals surface area contributed by atoms with Gasteiger partial charge in [0.2, 0.25) is 0 Å². The Kier molecular flexibility index (Phi) is 2.60. The second-order valence-electron chi connectivity index (χ2n) is 3.07. The van der Waals surface area contributed by atoms with E-state index in [2.05, 4.69) is 15.2 Å². The Hall–Kier alpha value is -2.29. The zero-order valence-corrected chi connectivity index (χ0v) is 8.04. The molecule has 0 unspecified atom stereocenters. The first kappa shape index (κ1) is 10.2. The van der Waals surface area contributed by atoms with Crippen LogP contribution in [0.5, 0.6) is 0 Å². The molecule has 0 amide bonds. The lowest BCUT2D eigenvalue weighted by Gasteiger charge is -1.95. The van der Waals surface area contributed by atoms with Gasteiger partial charge in [0, 0.05) is 5.56 Å². The number of halogens is 2. The molecule has 0 fully saturated rings. The third-order valence-corrected chi connectivity index (χ3v) is 1.96. The fourth-order valence-corrected chi connectivity index (χ4v) is 1.21. The number of benzene rings is 1. The average Bonchev–Trinajstić information content (AvgIpc) is 2.71. The molecule has 6 heteroatoms. The summed E-state index contributed by atoms with van der Waals surface area (Å²) in [5.74, 6) is -1.24. The van der Waals surface area contributed by atoms with Gasteiger partial charge >= 0.3 is 0 Å². The van der Waals surface area contributed by atoms with Gasteiger partial charge in [0.05, 0.1) is 12.5 Å². The van der Waals surface area contributed by atoms with Gasteiger partial charge in [-0.25, -0.2) is 13.8 Å². The summed E-state index contributed by atoms with van der Waals surface area (Å²) in [6.07, 6.45) is 0.0939. The molecule has 2 rings (SSSR count). The van der Waals surface area contributed by atoms with Gasteiger partial charge in [-0.15, -0.1) is 0 Å². The lowest BCUT2D eigenvalue weighted by molar-refractivity contribution is 0.509. The molecular weight excluding hydrogens is 214 g/mol. The maximum atomic E-state index is 12.9. The number of aromatic amines is 1. The van der Waals surface area contributed by atoms with E-state index in [9.17, 15) is 8.78 Å². The first-order valence-electron chi connectivity index (χ1n) is 4.44. The molecule has 0 aliphatic rings. The lowest BCUT2D eigenvalue weighted by Crippen LogP contribution is -1.87. The summed E-state index contributed by atoms with van der Waals surface area (Å²) >= 11 is 0. The molecule has 4 nitrogen and oxygen atoms in total. The fraction of sp³-hybridized carbons (Fsp3) is 0.100. The third-order valence-electron chi connectivity index (χ3n) is 1.96. The number of H-pyrrole nitrogens is 1. The lowest BCUT2D eigenvalue weighted by atomic mass is 10.2. The second kappa shape index (κ2) is 4.06. The number of rotatable bonds is 2. The van der Waals surface area contributed by atoms with Crippen molar-refractivity contribution < 1.29 is 8.78 Å². The quantitative estimate of drug-likeness (QED) is 0.839. The van der Waals surface area contributed by atoms with Crippen LogP contribution in [0, 0.1) is 23.0 Å². The molecule has 0 bridgehead atoms. The molecule has 0 saturated heterocycles. The summed E-state index contributed by atoms with van der Waals surface area (Å²) in [5.41, 5.74) is 0.360. The summed E-state index contributed by atoms with van der Waals surface area (Å²) in [6, 6.07) is 5.29. The van der Waals surface area contributed by atoms with Crippen LogP contribution in [0.2, 0.25) is 0 Å². The maximum Gasteiger partial charge on any atom is 0.181 e. The highest BCUT2D eigenvalue weighted by atomic mass is 19.2. The summed E-state index contributed by atoms with van der Waals surface area (Å²) in [6.45, 7) is 0. The van der Waals surface area contributed by atoms with E-state index in [0.29, 0.717) is 11.4 Å². The number of aromatic nitrogens is 3. The highest BCUT2D eigenvalue weighted by Crippen LogP contribution is 2.17. The van der Waals surface area contributed by atoms with Gasteiger partial charge in [-0.3, -0.25) is 5.10 Å². The number of nitrogens with one attached hydrogen (secondary N) is 1. The van der Waals surface area contributed by atoms with Crippen LogP contribution >= 0.6 is 0 Å². The van der Waals surface area contributed by atoms with Crippen molar-refractivity contribution in [1.82, 2.24) is 15.2 Å². The Bertz CT molecular complexity index is 556. The third kappa shape index (κ3) is 1.88. The topological polar surface area (TPSA) is 65.4 Å². The van der Waals surface area contributed by atoms with Gasteiger partial charge in [0.15, 0.2) is 17.5 Å². The standard InChI is InChI=1S/C10H6F2N4/c11-7-2-1-6(5-8(7)12)10-14-9(3-4-13)15-16-10/h1-2,5H,3H2,(H,14,15,16). The average molecular weight is 220 g/mol. The van der Waals surface area contributed by atoms with Gasteiger partial charge in [0.1, 0.15) is 5.82 Å². The number of hydrogen-bond acceptors (Lipinski definition) is 3. The predicted molar refractivity (Wildman–Crippen MR) is 51.1 cm³/mol. The summed E-state index contributed by atoms with van der Waals surface area (Å²) in [4.78, 5) is 3.96. The maximum absolute atomic E-state index is 12.9. The highest BCUT2D eigenvalue weighted by molar-refractivity contribution is 5.54. The van der Waals surface area contributed by atoms with Crippen molar-refractivity contribution in [2.75, 3.05) is 0 Å². The monoisotopic (exact) mass is 220 g/mol. The van der Waals surface area contributed by atoms with E-state index in [0.717, 1.165) is 12.1 Å². The molecule has 80 valence electrons. The van der Waals surface area contributed by atoms with Crippen molar-refractivity contribution >= 4 is 0 Å². The van der Waals surface area contributed by atoms with Gasteiger partial charge in [0.25, 0.3) is 0 Å². The molecular formula is C10H6F2N4. The normalized spacial score (nSPS) is 10.1. The zero-order chi connectivity index (χ0) is 11.5. The van der Waals surface area contributed by atoms with Gasteiger partial charge < -0.3 is 0 Å². The van der Waals surface area contributed by atoms with Crippen molar-refractivity contribution in [2.45, 2.75) is 6.42 Å². The van der Waals surface area contributed by atoms with E-state index in [1.54, 1.807) is 0 Å². The predicted octanol–water partition coefficient (Wildman–Crippen LogP) is 1.82. The highest BCUT2D eigenvalue weighted by Gasteiger charge is 2.08. The van der Waals surface area contributed by atoms with E-state index in [1.165, 1.54) is 6.07 Å². The summed E-state index contributed by atoms with van der Waals surface area (Å²) < 4.78 is 25.6. The zero-order valence-electron chi connectivity index (χ0n) is 8.04. The van der Waals surface area contributed by atoms with Crippen LogP contribution in [-0.2, 0) is 6.42 Å². The molecule has 0 aliphatic heterocycles. The molecule has 0 spiro atoms. The smallest absolute Gasteiger partial charge is 0.181 e. The van der Waals surface area contributed by atoms with Gasteiger partial charge in [-0.1, -0.05) is 0 Å². The van der Waals surface area contributed by atoms with Crippen molar-refractivity contribution in [1.29, 1.82) is 5.26 Å². The van der Waals surface area contributed by atoms with Crippen molar-refractivity contribution in [3.8, 4) is 17.5 Å². The molecule has 0 aliphatic carbocycles. The van der Waals surface area contributed by atoms with Crippen LogP contribution < -0.4 is 0 Å². The largest absolute Gasteiger partial charge is 0.262 e. The Balaban J connectivity index is 2.36. The second-order valence-corrected chi connectivity index (χ2v) is 3.07. The minimum atomic E-state index is -0.955. The van der Waals surface area contributed by atoms with Crippen molar-refractivity contribution in [3.63, 3.8) is 0 Å². The van der Waals surface area contributed by atoms with Gasteiger partial charge in [-0.05, 0) is 18.2 Å². The Morgan fingerprint density at radius 2 is 2.12 bits per heavy atom. The Labute approximate surface area is 89.6 Å². The van der Waals surface area contributed by atoms with Crippen LogP contribution in [0.15, 0.2) is 18.2 Å². The number of nitriles is 1. The SMILES string of the molecule is N#CCc1nc(-c2ccc(F)c(F)c2)n[nH]1. The van der Waals surface area contributed by atoms with Gasteiger partial charge in [-0.2, -0.15) is 10.4 Å². The fourth-order valence-electron chi connectivity index (χ4n) is 1.21. The molecule has 1 heterocycles. The summed E-state index contributed by atoms with van der Waals surface area (Å²) in [5, 5.41) is 14.8. The first-order valence-corrected chi connectivity index (χ1v) is 4.44. The molecule has 2 aromatic rings. The summed E-state index contributed by atoms with van der Waals surface area (Å²) in [7, 11) is 0. The Morgan fingerprint density at radius 3 is 2.81 bits per heavy atom. The number of nitrogens with zero attached hydrogens (tertiary/aromatic N) is 3. The van der Waals surface area contributed by atoms with E-state index in [4.69, 9.17) is 5.26 Å². The minimum Gasteiger partial charge on any atom is -0.262 e. The van der Waals surface area contributed by atoms with Crippen LogP contribution in [0.4, 0.5) is 8.78 Å². The molecule has 1 N–H and O–H groups in total. The molecule has 1 aromatic heterocycles.